The van der Waals surface area contributed by atoms with Crippen LogP contribution in [0.15, 0.2) is 24.3 Å². The van der Waals surface area contributed by atoms with Gasteiger partial charge in [-0.1, -0.05) is 19.3 Å². The van der Waals surface area contributed by atoms with Crippen molar-refractivity contribution < 1.29 is 14.3 Å². The molecule has 110 valence electrons. The number of hydrogen-bond acceptors (Lipinski definition) is 3. The third-order valence-corrected chi connectivity index (χ3v) is 3.20. The molecular weight excluding hydrogens is 252 g/mol. The van der Waals surface area contributed by atoms with Gasteiger partial charge in [-0.25, -0.2) is 0 Å². The van der Waals surface area contributed by atoms with E-state index in [4.69, 9.17) is 4.74 Å². The minimum absolute atomic E-state index is 0.0714. The topological polar surface area (TPSA) is 43.4 Å². The van der Waals surface area contributed by atoms with Crippen LogP contribution in [0.5, 0.6) is 5.75 Å². The molecule has 0 amide bonds. The first-order chi connectivity index (χ1) is 9.59. The van der Waals surface area contributed by atoms with Gasteiger partial charge >= 0.3 is 0 Å². The SMILES string of the molecule is CC(=O)CCCCCCCOc1ccc(C(C)=O)cc1. The second kappa shape index (κ2) is 9.29. The van der Waals surface area contributed by atoms with Gasteiger partial charge in [-0.05, 0) is 51.0 Å². The van der Waals surface area contributed by atoms with Crippen LogP contribution in [0.2, 0.25) is 0 Å². The fourth-order valence-electron chi connectivity index (χ4n) is 1.98. The molecule has 20 heavy (non-hydrogen) atoms. The summed E-state index contributed by atoms with van der Waals surface area (Å²) in [6.45, 7) is 3.90. The number of ether oxygens (including phenoxy) is 1. The zero-order valence-electron chi connectivity index (χ0n) is 12.5. The maximum Gasteiger partial charge on any atom is 0.159 e. The molecule has 0 N–H and O–H groups in total. The smallest absolute Gasteiger partial charge is 0.159 e. The molecule has 1 aromatic rings. The van der Waals surface area contributed by atoms with Gasteiger partial charge in [0, 0.05) is 12.0 Å². The number of carbonyl (C=O) groups excluding carboxylic acids is 2. The third-order valence-electron chi connectivity index (χ3n) is 3.20. The van der Waals surface area contributed by atoms with E-state index in [0.29, 0.717) is 18.6 Å². The second-order valence-corrected chi connectivity index (χ2v) is 5.15. The van der Waals surface area contributed by atoms with Crippen LogP contribution in [0, 0.1) is 0 Å². The normalized spacial score (nSPS) is 10.3. The Labute approximate surface area is 121 Å². The molecule has 0 saturated heterocycles. The molecule has 0 aliphatic heterocycles. The molecule has 0 bridgehead atoms. The number of hydrogen-bond donors (Lipinski definition) is 0. The van der Waals surface area contributed by atoms with Crippen LogP contribution in [-0.2, 0) is 4.79 Å². The Kier molecular flexibility index (Phi) is 7.63. The van der Waals surface area contributed by atoms with Crippen molar-refractivity contribution >= 4 is 11.6 Å². The lowest BCUT2D eigenvalue weighted by atomic mass is 10.1. The summed E-state index contributed by atoms with van der Waals surface area (Å²) in [6.07, 6.45) is 6.13. The minimum atomic E-state index is 0.0714. The Morgan fingerprint density at radius 3 is 2.10 bits per heavy atom. The Balaban J connectivity index is 2.06. The lowest BCUT2D eigenvalue weighted by molar-refractivity contribution is -0.117. The Bertz CT molecular complexity index is 420. The fraction of sp³-hybridized carbons (Fsp3) is 0.529. The van der Waals surface area contributed by atoms with Gasteiger partial charge in [0.25, 0.3) is 0 Å². The van der Waals surface area contributed by atoms with Gasteiger partial charge in [0.1, 0.15) is 11.5 Å². The van der Waals surface area contributed by atoms with E-state index in [1.54, 1.807) is 26.0 Å². The molecule has 0 fully saturated rings. The number of Topliss-reactive ketones (excluding diaryl/α,β-unsaturated/α-hetero) is 2. The van der Waals surface area contributed by atoms with E-state index in [1.165, 1.54) is 0 Å². The summed E-state index contributed by atoms with van der Waals surface area (Å²) in [4.78, 5) is 21.9. The van der Waals surface area contributed by atoms with Gasteiger partial charge < -0.3 is 9.53 Å². The Hall–Kier alpha value is -1.64. The fourth-order valence-corrected chi connectivity index (χ4v) is 1.98. The lowest BCUT2D eigenvalue weighted by Crippen LogP contribution is -1.98. The van der Waals surface area contributed by atoms with Crippen molar-refractivity contribution in [3.05, 3.63) is 29.8 Å². The summed E-state index contributed by atoms with van der Waals surface area (Å²) < 4.78 is 5.62. The highest BCUT2D eigenvalue weighted by atomic mass is 16.5. The van der Waals surface area contributed by atoms with Crippen molar-refractivity contribution in [2.45, 2.75) is 52.4 Å². The van der Waals surface area contributed by atoms with Crippen molar-refractivity contribution in [1.29, 1.82) is 0 Å². The van der Waals surface area contributed by atoms with Gasteiger partial charge in [0.05, 0.1) is 6.61 Å². The van der Waals surface area contributed by atoms with E-state index in [1.807, 2.05) is 12.1 Å². The predicted molar refractivity (Wildman–Crippen MR) is 80.3 cm³/mol. The second-order valence-electron chi connectivity index (χ2n) is 5.15. The highest BCUT2D eigenvalue weighted by Crippen LogP contribution is 2.13. The summed E-state index contributed by atoms with van der Waals surface area (Å²) in [5.41, 5.74) is 0.711. The van der Waals surface area contributed by atoms with Gasteiger partial charge in [0.15, 0.2) is 5.78 Å². The molecule has 0 aliphatic carbocycles. The molecule has 0 aromatic heterocycles. The first-order valence-corrected chi connectivity index (χ1v) is 7.33. The quantitative estimate of drug-likeness (QED) is 0.475. The third kappa shape index (κ3) is 7.07. The van der Waals surface area contributed by atoms with Crippen LogP contribution >= 0.6 is 0 Å². The average Bonchev–Trinajstić information content (AvgIpc) is 2.42. The van der Waals surface area contributed by atoms with Gasteiger partial charge in [0.2, 0.25) is 0 Å². The summed E-state index contributed by atoms with van der Waals surface area (Å²) in [5, 5.41) is 0. The van der Waals surface area contributed by atoms with Crippen molar-refractivity contribution in [3.8, 4) is 5.75 Å². The van der Waals surface area contributed by atoms with Crippen LogP contribution in [0.1, 0.15) is 62.7 Å². The van der Waals surface area contributed by atoms with Crippen LogP contribution in [0.3, 0.4) is 0 Å². The molecule has 1 rings (SSSR count). The first kappa shape index (κ1) is 16.4. The van der Waals surface area contributed by atoms with Crippen molar-refractivity contribution in [1.82, 2.24) is 0 Å². The van der Waals surface area contributed by atoms with Crippen LogP contribution in [0.25, 0.3) is 0 Å². The van der Waals surface area contributed by atoms with Gasteiger partial charge in [-0.15, -0.1) is 0 Å². The zero-order chi connectivity index (χ0) is 14.8. The summed E-state index contributed by atoms with van der Waals surface area (Å²) >= 11 is 0. The molecular formula is C17H24O3. The number of benzene rings is 1. The molecule has 3 nitrogen and oxygen atoms in total. The van der Waals surface area contributed by atoms with Crippen molar-refractivity contribution in [3.63, 3.8) is 0 Å². The maximum absolute atomic E-state index is 11.1. The molecule has 0 aliphatic rings. The number of carbonyl (C=O) groups is 2. The molecule has 0 atom stereocenters. The van der Waals surface area contributed by atoms with E-state index in [-0.39, 0.29) is 11.6 Å². The minimum Gasteiger partial charge on any atom is -0.494 e. The average molecular weight is 276 g/mol. The molecule has 0 spiro atoms. The van der Waals surface area contributed by atoms with Crippen LogP contribution in [0.4, 0.5) is 0 Å². The van der Waals surface area contributed by atoms with Crippen LogP contribution in [-0.4, -0.2) is 18.2 Å². The van der Waals surface area contributed by atoms with E-state index >= 15 is 0 Å². The summed E-state index contributed by atoms with van der Waals surface area (Å²) in [7, 11) is 0. The molecule has 0 heterocycles. The molecule has 0 radical (unpaired) electrons. The van der Waals surface area contributed by atoms with E-state index in [2.05, 4.69) is 0 Å². The van der Waals surface area contributed by atoms with Crippen LogP contribution < -0.4 is 4.74 Å². The summed E-state index contributed by atoms with van der Waals surface area (Å²) in [6, 6.07) is 7.26. The van der Waals surface area contributed by atoms with Gasteiger partial charge in [-0.3, -0.25) is 4.79 Å². The molecule has 0 unspecified atom stereocenters. The first-order valence-electron chi connectivity index (χ1n) is 7.33. The zero-order valence-corrected chi connectivity index (χ0v) is 12.5. The number of ketones is 2. The highest BCUT2D eigenvalue weighted by Gasteiger charge is 1.99. The monoisotopic (exact) mass is 276 g/mol. The Morgan fingerprint density at radius 2 is 1.50 bits per heavy atom. The van der Waals surface area contributed by atoms with E-state index < -0.39 is 0 Å². The maximum atomic E-state index is 11.1. The largest absolute Gasteiger partial charge is 0.494 e. The molecule has 3 heteroatoms. The highest BCUT2D eigenvalue weighted by molar-refractivity contribution is 5.94. The standard InChI is InChI=1S/C17H24O3/c1-14(18)8-6-4-3-5-7-13-20-17-11-9-16(10-12-17)15(2)19/h9-12H,3-8,13H2,1-2H3. The number of unbranched alkanes of at least 4 members (excludes halogenated alkanes) is 4. The van der Waals surface area contributed by atoms with Gasteiger partial charge in [-0.2, -0.15) is 0 Å². The molecule has 1 aromatic carbocycles. The molecule has 0 saturated carbocycles. The van der Waals surface area contributed by atoms with E-state index in [9.17, 15) is 9.59 Å². The number of rotatable bonds is 10. The Morgan fingerprint density at radius 1 is 0.900 bits per heavy atom. The van der Waals surface area contributed by atoms with Crippen molar-refractivity contribution in [2.24, 2.45) is 0 Å². The predicted octanol–water partition coefficient (Wildman–Crippen LogP) is 4.20. The van der Waals surface area contributed by atoms with E-state index in [0.717, 1.165) is 37.9 Å². The van der Waals surface area contributed by atoms with Crippen molar-refractivity contribution in [2.75, 3.05) is 6.61 Å². The lowest BCUT2D eigenvalue weighted by Gasteiger charge is -2.06. The summed E-state index contributed by atoms with van der Waals surface area (Å²) in [5.74, 6) is 1.16.